The molecule has 0 spiro atoms. The van der Waals surface area contributed by atoms with Crippen LogP contribution in [0.15, 0.2) is 193 Å². The monoisotopic (exact) mass is 733 g/mol. The Morgan fingerprint density at radius 3 is 1.84 bits per heavy atom. The van der Waals surface area contributed by atoms with Gasteiger partial charge in [0.05, 0.1) is 11.4 Å². The van der Waals surface area contributed by atoms with E-state index in [-0.39, 0.29) is 0 Å². The highest BCUT2D eigenvalue weighted by Crippen LogP contribution is 2.46. The molecule has 0 unspecified atom stereocenters. The lowest BCUT2D eigenvalue weighted by Gasteiger charge is -2.12. The molecule has 0 aliphatic heterocycles. The van der Waals surface area contributed by atoms with E-state index in [0.717, 1.165) is 72.3 Å². The van der Waals surface area contributed by atoms with Gasteiger partial charge in [-0.2, -0.15) is 0 Å². The van der Waals surface area contributed by atoms with Gasteiger partial charge in [0.25, 0.3) is 0 Å². The summed E-state index contributed by atoms with van der Waals surface area (Å²) in [5.74, 6) is 0.671. The number of fused-ring (bicyclic) bond motifs is 6. The Balaban J connectivity index is 1.02. The van der Waals surface area contributed by atoms with Crippen LogP contribution in [0.4, 0.5) is 0 Å². The van der Waals surface area contributed by atoms with Gasteiger partial charge in [-0.05, 0) is 64.2 Å². The van der Waals surface area contributed by atoms with Crippen LogP contribution in [0.25, 0.3) is 109 Å². The predicted octanol–water partition coefficient (Wildman–Crippen LogP) is 14.1. The number of nitrogens with zero attached hydrogens (tertiary/aromatic N) is 3. The van der Waals surface area contributed by atoms with Crippen molar-refractivity contribution in [3.63, 3.8) is 0 Å². The fraction of sp³-hybridized carbons (Fsp3) is 0. The minimum atomic E-state index is 0.671. The molecule has 0 saturated heterocycles. The summed E-state index contributed by atoms with van der Waals surface area (Å²) < 4.78 is 9.32. The quantitative estimate of drug-likeness (QED) is 0.171. The van der Waals surface area contributed by atoms with E-state index in [9.17, 15) is 0 Å². The van der Waals surface area contributed by atoms with E-state index in [1.165, 1.54) is 31.3 Å². The number of rotatable bonds is 6. The molecule has 0 N–H and O–H groups in total. The maximum atomic E-state index is 6.74. The van der Waals surface area contributed by atoms with Crippen LogP contribution >= 0.6 is 11.3 Å². The van der Waals surface area contributed by atoms with Crippen LogP contribution < -0.4 is 0 Å². The van der Waals surface area contributed by atoms with Gasteiger partial charge >= 0.3 is 0 Å². The van der Waals surface area contributed by atoms with Crippen molar-refractivity contribution in [3.8, 4) is 67.3 Å². The van der Waals surface area contributed by atoms with Gasteiger partial charge in [0.15, 0.2) is 5.82 Å². The van der Waals surface area contributed by atoms with Crippen molar-refractivity contribution in [1.29, 1.82) is 0 Å². The second-order valence-electron chi connectivity index (χ2n) is 14.0. The molecule has 0 amide bonds. The summed E-state index contributed by atoms with van der Waals surface area (Å²) in [4.78, 5) is 14.5. The van der Waals surface area contributed by atoms with E-state index >= 15 is 0 Å². The second kappa shape index (κ2) is 13.3. The van der Waals surface area contributed by atoms with Crippen LogP contribution in [0.3, 0.4) is 0 Å². The first-order chi connectivity index (χ1) is 27.7. The van der Waals surface area contributed by atoms with Gasteiger partial charge in [0.2, 0.25) is 0 Å². The van der Waals surface area contributed by atoms with Crippen molar-refractivity contribution in [2.75, 3.05) is 0 Å². The minimum Gasteiger partial charge on any atom is -0.455 e. The highest BCUT2D eigenvalue weighted by atomic mass is 32.1. The van der Waals surface area contributed by atoms with E-state index in [4.69, 9.17) is 14.4 Å². The normalized spacial score (nSPS) is 11.6. The fourth-order valence-electron chi connectivity index (χ4n) is 7.93. The van der Waals surface area contributed by atoms with Crippen LogP contribution in [0.1, 0.15) is 0 Å². The summed E-state index contributed by atoms with van der Waals surface area (Å²) in [7, 11) is 0. The Morgan fingerprint density at radius 1 is 0.411 bits per heavy atom. The van der Waals surface area contributed by atoms with Crippen molar-refractivity contribution in [2.45, 2.75) is 0 Å². The lowest BCUT2D eigenvalue weighted by Crippen LogP contribution is -1.96. The SMILES string of the molecule is c1ccc(-c2cc(-c3ccc(-c4cccnc4)cc3)nc(-c3ccc(-c4ccc(-c5cccc6sc7ccccc7c56)c5c4oc4ccccc45)cc3)n2)cc1. The lowest BCUT2D eigenvalue weighted by molar-refractivity contribution is 0.670. The van der Waals surface area contributed by atoms with Crippen molar-refractivity contribution < 1.29 is 4.42 Å². The number of hydrogen-bond acceptors (Lipinski definition) is 5. The van der Waals surface area contributed by atoms with Crippen molar-refractivity contribution in [2.24, 2.45) is 0 Å². The van der Waals surface area contributed by atoms with Gasteiger partial charge in [-0.3, -0.25) is 4.98 Å². The van der Waals surface area contributed by atoms with Crippen LogP contribution in [0.2, 0.25) is 0 Å². The second-order valence-corrected chi connectivity index (χ2v) is 15.0. The smallest absolute Gasteiger partial charge is 0.160 e. The molecule has 0 bridgehead atoms. The number of furan rings is 1. The molecule has 262 valence electrons. The zero-order chi connectivity index (χ0) is 37.0. The summed E-state index contributed by atoms with van der Waals surface area (Å²) in [5.41, 5.74) is 13.2. The Morgan fingerprint density at radius 2 is 1.04 bits per heavy atom. The highest BCUT2D eigenvalue weighted by Gasteiger charge is 2.20. The van der Waals surface area contributed by atoms with E-state index in [1.807, 2.05) is 47.9 Å². The van der Waals surface area contributed by atoms with Gasteiger partial charge in [0, 0.05) is 65.6 Å². The Kier molecular flexibility index (Phi) is 7.64. The molecule has 4 nitrogen and oxygen atoms in total. The van der Waals surface area contributed by atoms with Gasteiger partial charge in [0.1, 0.15) is 11.2 Å². The molecule has 0 aliphatic carbocycles. The summed E-state index contributed by atoms with van der Waals surface area (Å²) in [5, 5.41) is 4.81. The lowest BCUT2D eigenvalue weighted by atomic mass is 9.92. The predicted molar refractivity (Wildman–Crippen MR) is 233 cm³/mol. The molecule has 4 aromatic heterocycles. The molecule has 0 saturated carbocycles. The highest BCUT2D eigenvalue weighted by molar-refractivity contribution is 7.25. The molecule has 4 heterocycles. The molecular formula is C51H31N3OS. The standard InChI is InChI=1S/C51H31N3OS/c1-2-10-34(11-3-1)43-30-44(35-23-19-32(20-24-35)37-12-9-29-52-31-37)54-51(53-43)36-25-21-33(22-26-36)38-27-28-40(49-41-13-4-6-16-45(41)55-50(38)49)39-15-8-18-47-48(39)42-14-5-7-17-46(42)56-47/h1-31H. The van der Waals surface area contributed by atoms with E-state index in [0.29, 0.717) is 5.82 Å². The third-order valence-electron chi connectivity index (χ3n) is 10.6. The van der Waals surface area contributed by atoms with Gasteiger partial charge in [-0.25, -0.2) is 9.97 Å². The molecule has 7 aromatic carbocycles. The maximum Gasteiger partial charge on any atom is 0.160 e. The average Bonchev–Trinajstić information content (AvgIpc) is 3.86. The average molecular weight is 734 g/mol. The van der Waals surface area contributed by atoms with Crippen molar-refractivity contribution >= 4 is 53.4 Å². The van der Waals surface area contributed by atoms with Crippen LogP contribution in [-0.4, -0.2) is 15.0 Å². The number of pyridine rings is 1. The molecular weight excluding hydrogens is 703 g/mol. The molecule has 0 atom stereocenters. The van der Waals surface area contributed by atoms with Crippen LogP contribution in [0, 0.1) is 0 Å². The van der Waals surface area contributed by atoms with Crippen molar-refractivity contribution in [3.05, 3.63) is 188 Å². The number of para-hydroxylation sites is 1. The molecule has 5 heteroatoms. The zero-order valence-electron chi connectivity index (χ0n) is 30.1. The van der Waals surface area contributed by atoms with E-state index < -0.39 is 0 Å². The Bertz CT molecular complexity index is 3220. The number of hydrogen-bond donors (Lipinski definition) is 0. The molecule has 0 fully saturated rings. The molecule has 0 aliphatic rings. The van der Waals surface area contributed by atoms with E-state index in [2.05, 4.69) is 151 Å². The van der Waals surface area contributed by atoms with Crippen LogP contribution in [-0.2, 0) is 0 Å². The van der Waals surface area contributed by atoms with Gasteiger partial charge in [-0.1, -0.05) is 140 Å². The summed E-state index contributed by atoms with van der Waals surface area (Å²) in [6.07, 6.45) is 3.68. The Labute approximate surface area is 327 Å². The third kappa shape index (κ3) is 5.48. The van der Waals surface area contributed by atoms with Crippen molar-refractivity contribution in [1.82, 2.24) is 15.0 Å². The van der Waals surface area contributed by atoms with E-state index in [1.54, 1.807) is 6.20 Å². The number of benzene rings is 7. The summed E-state index contributed by atoms with van der Waals surface area (Å²) >= 11 is 1.84. The van der Waals surface area contributed by atoms with Crippen LogP contribution in [0.5, 0.6) is 0 Å². The maximum absolute atomic E-state index is 6.74. The summed E-state index contributed by atoms with van der Waals surface area (Å²) in [6, 6.07) is 61.6. The Hall–Kier alpha value is -7.21. The molecule has 11 rings (SSSR count). The first-order valence-corrected chi connectivity index (χ1v) is 19.5. The first kappa shape index (κ1) is 32.2. The molecule has 0 radical (unpaired) electrons. The number of thiophene rings is 1. The number of aromatic nitrogens is 3. The largest absolute Gasteiger partial charge is 0.455 e. The summed E-state index contributed by atoms with van der Waals surface area (Å²) in [6.45, 7) is 0. The zero-order valence-corrected chi connectivity index (χ0v) is 30.9. The molecule has 56 heavy (non-hydrogen) atoms. The van der Waals surface area contributed by atoms with Gasteiger partial charge in [-0.15, -0.1) is 11.3 Å². The topological polar surface area (TPSA) is 51.8 Å². The third-order valence-corrected chi connectivity index (χ3v) is 11.8. The minimum absolute atomic E-state index is 0.671. The molecule has 11 aromatic rings. The first-order valence-electron chi connectivity index (χ1n) is 18.7. The fourth-order valence-corrected chi connectivity index (χ4v) is 9.06. The van der Waals surface area contributed by atoms with Gasteiger partial charge < -0.3 is 4.42 Å².